The molecule has 3 aromatic carbocycles. The van der Waals surface area contributed by atoms with E-state index in [1.165, 1.54) is 4.31 Å². The van der Waals surface area contributed by atoms with Crippen LogP contribution < -0.4 is 9.62 Å². The van der Waals surface area contributed by atoms with Crippen LogP contribution in [0.2, 0.25) is 0 Å². The minimum absolute atomic E-state index is 0.177. The van der Waals surface area contributed by atoms with E-state index in [9.17, 15) is 13.2 Å². The molecule has 5 nitrogen and oxygen atoms in total. The van der Waals surface area contributed by atoms with Crippen molar-refractivity contribution >= 4 is 21.6 Å². The van der Waals surface area contributed by atoms with Gasteiger partial charge in [0.2, 0.25) is 5.91 Å². The summed E-state index contributed by atoms with van der Waals surface area (Å²) in [5, 5.41) is 3.06. The van der Waals surface area contributed by atoms with Crippen LogP contribution in [0.3, 0.4) is 0 Å². The van der Waals surface area contributed by atoms with Gasteiger partial charge in [-0.05, 0) is 30.0 Å². The van der Waals surface area contributed by atoms with E-state index in [0.717, 1.165) is 17.5 Å². The van der Waals surface area contributed by atoms with Crippen molar-refractivity contribution in [3.05, 3.63) is 84.4 Å². The fourth-order valence-electron chi connectivity index (χ4n) is 4.06. The summed E-state index contributed by atoms with van der Waals surface area (Å²) in [7, 11) is -3.84. The first-order chi connectivity index (χ1) is 14.9. The highest BCUT2D eigenvalue weighted by molar-refractivity contribution is 7.93. The van der Waals surface area contributed by atoms with E-state index < -0.39 is 10.0 Å². The number of rotatable bonds is 6. The Labute approximate surface area is 183 Å². The van der Waals surface area contributed by atoms with Crippen LogP contribution in [-0.2, 0) is 14.8 Å². The zero-order valence-electron chi connectivity index (χ0n) is 17.7. The van der Waals surface area contributed by atoms with Gasteiger partial charge in [0.1, 0.15) is 6.54 Å². The fourth-order valence-corrected chi connectivity index (χ4v) is 5.71. The highest BCUT2D eigenvalue weighted by Crippen LogP contribution is 2.42. The molecule has 0 spiro atoms. The Hall–Kier alpha value is -3.12. The van der Waals surface area contributed by atoms with Gasteiger partial charge in [-0.1, -0.05) is 80.6 Å². The van der Waals surface area contributed by atoms with Gasteiger partial charge in [-0.3, -0.25) is 9.10 Å². The maximum atomic E-state index is 13.4. The van der Waals surface area contributed by atoms with E-state index in [-0.39, 0.29) is 23.4 Å². The lowest BCUT2D eigenvalue weighted by atomic mass is 9.97. The first-order valence-corrected chi connectivity index (χ1v) is 11.9. The number of carbonyl (C=O) groups is 1. The van der Waals surface area contributed by atoms with Crippen molar-refractivity contribution < 1.29 is 13.2 Å². The van der Waals surface area contributed by atoms with E-state index in [2.05, 4.69) is 19.2 Å². The molecule has 4 rings (SSSR count). The predicted molar refractivity (Wildman–Crippen MR) is 123 cm³/mol. The van der Waals surface area contributed by atoms with E-state index in [1.807, 2.05) is 48.5 Å². The van der Waals surface area contributed by atoms with Gasteiger partial charge in [-0.25, -0.2) is 8.42 Å². The molecular weight excluding hydrogens is 408 g/mol. The van der Waals surface area contributed by atoms with Gasteiger partial charge in [0.25, 0.3) is 10.0 Å². The summed E-state index contributed by atoms with van der Waals surface area (Å²) in [6.45, 7) is 3.93. The molecule has 1 atom stereocenters. The van der Waals surface area contributed by atoms with Crippen LogP contribution in [0.5, 0.6) is 0 Å². The highest BCUT2D eigenvalue weighted by atomic mass is 32.2. The predicted octanol–water partition coefficient (Wildman–Crippen LogP) is 4.77. The zero-order valence-corrected chi connectivity index (χ0v) is 18.5. The van der Waals surface area contributed by atoms with Crippen molar-refractivity contribution in [3.8, 4) is 11.1 Å². The van der Waals surface area contributed by atoms with Gasteiger partial charge in [0.15, 0.2) is 0 Å². The average molecular weight is 435 g/mol. The Morgan fingerprint density at radius 2 is 1.48 bits per heavy atom. The minimum Gasteiger partial charge on any atom is -0.348 e. The number of amides is 1. The Morgan fingerprint density at radius 3 is 2.19 bits per heavy atom. The lowest BCUT2D eigenvalue weighted by Crippen LogP contribution is -2.43. The summed E-state index contributed by atoms with van der Waals surface area (Å²) in [4.78, 5) is 13.3. The van der Waals surface area contributed by atoms with E-state index in [1.54, 1.807) is 30.3 Å². The van der Waals surface area contributed by atoms with Crippen LogP contribution in [0, 0.1) is 5.92 Å². The van der Waals surface area contributed by atoms with Crippen LogP contribution in [0.15, 0.2) is 83.8 Å². The molecule has 1 aliphatic heterocycles. The molecule has 3 aromatic rings. The molecule has 160 valence electrons. The molecule has 0 fully saturated rings. The van der Waals surface area contributed by atoms with Gasteiger partial charge in [0, 0.05) is 11.1 Å². The van der Waals surface area contributed by atoms with Crippen LogP contribution in [-0.4, -0.2) is 20.9 Å². The molecule has 0 bridgehead atoms. The van der Waals surface area contributed by atoms with Crippen molar-refractivity contribution in [3.63, 3.8) is 0 Å². The van der Waals surface area contributed by atoms with Gasteiger partial charge < -0.3 is 5.32 Å². The molecule has 0 radical (unpaired) electrons. The summed E-state index contributed by atoms with van der Waals surface area (Å²) in [5.74, 6) is 0.0455. The maximum absolute atomic E-state index is 13.4. The van der Waals surface area contributed by atoms with Crippen LogP contribution in [0.4, 0.5) is 5.69 Å². The molecule has 6 heteroatoms. The lowest BCUT2D eigenvalue weighted by Gasteiger charge is -2.32. The van der Waals surface area contributed by atoms with Crippen LogP contribution >= 0.6 is 0 Å². The third kappa shape index (κ3) is 4.21. The van der Waals surface area contributed by atoms with E-state index in [4.69, 9.17) is 0 Å². The number of sulfonamides is 1. The average Bonchev–Trinajstić information content (AvgIpc) is 2.77. The third-order valence-corrected chi connectivity index (χ3v) is 7.27. The van der Waals surface area contributed by atoms with Gasteiger partial charge in [0.05, 0.1) is 16.6 Å². The van der Waals surface area contributed by atoms with Crippen molar-refractivity contribution in [2.75, 3.05) is 10.8 Å². The Bertz CT molecular complexity index is 1190. The summed E-state index contributed by atoms with van der Waals surface area (Å²) in [5.41, 5.74) is 3.01. The summed E-state index contributed by atoms with van der Waals surface area (Å²) in [6.07, 6.45) is 0.766. The number of carbonyl (C=O) groups excluding carboxylic acids is 1. The quantitative estimate of drug-likeness (QED) is 0.608. The number of para-hydroxylation sites is 1. The van der Waals surface area contributed by atoms with Gasteiger partial charge in [-0.15, -0.1) is 0 Å². The molecule has 1 N–H and O–H groups in total. The number of nitrogens with one attached hydrogen (secondary N) is 1. The second kappa shape index (κ2) is 8.55. The number of hydrogen-bond acceptors (Lipinski definition) is 3. The Morgan fingerprint density at radius 1 is 0.871 bits per heavy atom. The summed E-state index contributed by atoms with van der Waals surface area (Å²) in [6, 6.07) is 23.8. The number of nitrogens with zero attached hydrogens (tertiary/aromatic N) is 1. The lowest BCUT2D eigenvalue weighted by molar-refractivity contribution is -0.120. The molecule has 0 aliphatic carbocycles. The molecule has 0 aromatic heterocycles. The minimum atomic E-state index is -3.84. The summed E-state index contributed by atoms with van der Waals surface area (Å²) < 4.78 is 28.0. The molecule has 1 amide bonds. The van der Waals surface area contributed by atoms with E-state index >= 15 is 0 Å². The Balaban J connectivity index is 1.65. The molecule has 0 saturated carbocycles. The van der Waals surface area contributed by atoms with Crippen molar-refractivity contribution in [2.45, 2.75) is 31.2 Å². The molecule has 1 aliphatic rings. The topological polar surface area (TPSA) is 66.5 Å². The van der Waals surface area contributed by atoms with Gasteiger partial charge in [-0.2, -0.15) is 0 Å². The largest absolute Gasteiger partial charge is 0.348 e. The van der Waals surface area contributed by atoms with Crippen molar-refractivity contribution in [1.82, 2.24) is 5.32 Å². The van der Waals surface area contributed by atoms with Crippen molar-refractivity contribution in [1.29, 1.82) is 0 Å². The molecule has 1 heterocycles. The normalized spacial score (nSPS) is 15.1. The standard InChI is InChI=1S/C25H26N2O3S/c1-18(2)16-22(19-10-4-3-5-11-19)26-25(28)17-27-23-14-8-6-12-20(23)21-13-7-9-15-24(21)31(27,29)30/h3-15,18,22H,16-17H2,1-2H3,(H,26,28). The number of anilines is 1. The second-order valence-corrected chi connectivity index (χ2v) is 10.0. The molecule has 31 heavy (non-hydrogen) atoms. The van der Waals surface area contributed by atoms with E-state index in [0.29, 0.717) is 17.2 Å². The second-order valence-electron chi connectivity index (χ2n) is 8.19. The first-order valence-electron chi connectivity index (χ1n) is 10.4. The fraction of sp³-hybridized carbons (Fsp3) is 0.240. The molecule has 1 unspecified atom stereocenters. The monoisotopic (exact) mass is 434 g/mol. The molecule has 0 saturated heterocycles. The highest BCUT2D eigenvalue weighted by Gasteiger charge is 2.35. The third-order valence-electron chi connectivity index (χ3n) is 5.45. The maximum Gasteiger partial charge on any atom is 0.265 e. The SMILES string of the molecule is CC(C)CC(NC(=O)CN1c2ccccc2-c2ccccc2S1(=O)=O)c1ccccc1. The number of fused-ring (bicyclic) bond motifs is 3. The number of hydrogen-bond donors (Lipinski definition) is 1. The van der Waals surface area contributed by atoms with Crippen LogP contribution in [0.1, 0.15) is 31.9 Å². The first kappa shape index (κ1) is 21.1. The number of benzene rings is 3. The zero-order chi connectivity index (χ0) is 22.0. The smallest absolute Gasteiger partial charge is 0.265 e. The Kier molecular flexibility index (Phi) is 5.83. The van der Waals surface area contributed by atoms with Crippen LogP contribution in [0.25, 0.3) is 11.1 Å². The van der Waals surface area contributed by atoms with Crippen molar-refractivity contribution in [2.24, 2.45) is 5.92 Å². The summed E-state index contributed by atoms with van der Waals surface area (Å²) >= 11 is 0. The van der Waals surface area contributed by atoms with Gasteiger partial charge >= 0.3 is 0 Å². The molecular formula is C25H26N2O3S.